The SMILES string of the molecule is C[C@H]1CCCC1N1CC(F)(F)C1. The molecule has 12 heavy (non-hydrogen) atoms. The second kappa shape index (κ2) is 2.66. The van der Waals surface area contributed by atoms with E-state index in [1.165, 1.54) is 12.8 Å². The molecule has 0 N–H and O–H groups in total. The first kappa shape index (κ1) is 8.42. The summed E-state index contributed by atoms with van der Waals surface area (Å²) in [6.07, 6.45) is 3.55. The Morgan fingerprint density at radius 3 is 2.33 bits per heavy atom. The molecule has 2 aliphatic rings. The molecule has 0 spiro atoms. The van der Waals surface area contributed by atoms with Crippen LogP contribution < -0.4 is 0 Å². The summed E-state index contributed by atoms with van der Waals surface area (Å²) in [5.74, 6) is -1.76. The van der Waals surface area contributed by atoms with E-state index in [1.807, 2.05) is 4.90 Å². The number of hydrogen-bond donors (Lipinski definition) is 0. The van der Waals surface area contributed by atoms with Gasteiger partial charge in [-0.15, -0.1) is 0 Å². The first-order chi connectivity index (χ1) is 5.58. The van der Waals surface area contributed by atoms with Crippen LogP contribution in [0.25, 0.3) is 0 Å². The normalized spacial score (nSPS) is 41.2. The van der Waals surface area contributed by atoms with E-state index < -0.39 is 5.92 Å². The predicted octanol–water partition coefficient (Wildman–Crippen LogP) is 2.13. The van der Waals surface area contributed by atoms with Gasteiger partial charge in [-0.1, -0.05) is 13.3 Å². The molecule has 1 nitrogen and oxygen atoms in total. The quantitative estimate of drug-likeness (QED) is 0.590. The molecular weight excluding hydrogens is 160 g/mol. The highest BCUT2D eigenvalue weighted by atomic mass is 19.3. The van der Waals surface area contributed by atoms with Crippen molar-refractivity contribution in [1.82, 2.24) is 4.90 Å². The average Bonchev–Trinajstić information content (AvgIpc) is 2.30. The second-order valence-corrected chi connectivity index (χ2v) is 4.24. The maximum absolute atomic E-state index is 12.5. The summed E-state index contributed by atoms with van der Waals surface area (Å²) < 4.78 is 25.1. The van der Waals surface area contributed by atoms with Crippen LogP contribution in [0, 0.1) is 5.92 Å². The van der Waals surface area contributed by atoms with E-state index in [0.717, 1.165) is 6.42 Å². The maximum Gasteiger partial charge on any atom is 0.272 e. The molecule has 1 aliphatic carbocycles. The average molecular weight is 175 g/mol. The van der Waals surface area contributed by atoms with Crippen molar-refractivity contribution in [2.24, 2.45) is 5.92 Å². The van der Waals surface area contributed by atoms with Crippen LogP contribution in [0.3, 0.4) is 0 Å². The zero-order chi connectivity index (χ0) is 8.77. The van der Waals surface area contributed by atoms with Gasteiger partial charge in [0.15, 0.2) is 0 Å². The predicted molar refractivity (Wildman–Crippen MR) is 43.3 cm³/mol. The molecule has 0 amide bonds. The number of alkyl halides is 2. The summed E-state index contributed by atoms with van der Waals surface area (Å²) in [5, 5.41) is 0. The third kappa shape index (κ3) is 1.35. The first-order valence-electron chi connectivity index (χ1n) is 4.70. The number of rotatable bonds is 1. The lowest BCUT2D eigenvalue weighted by Gasteiger charge is -2.44. The molecule has 2 atom stereocenters. The van der Waals surface area contributed by atoms with Gasteiger partial charge in [0.25, 0.3) is 5.92 Å². The van der Waals surface area contributed by atoms with E-state index in [1.54, 1.807) is 0 Å². The fourth-order valence-corrected chi connectivity index (χ4v) is 2.45. The van der Waals surface area contributed by atoms with Gasteiger partial charge in [-0.2, -0.15) is 0 Å². The number of halogens is 2. The molecule has 1 aliphatic heterocycles. The zero-order valence-electron chi connectivity index (χ0n) is 7.39. The Kier molecular flexibility index (Phi) is 1.86. The highest BCUT2D eigenvalue weighted by molar-refractivity contribution is 4.94. The van der Waals surface area contributed by atoms with Gasteiger partial charge in [-0.3, -0.25) is 4.90 Å². The topological polar surface area (TPSA) is 3.24 Å². The smallest absolute Gasteiger partial charge is 0.272 e. The van der Waals surface area contributed by atoms with Crippen LogP contribution in [0.4, 0.5) is 8.78 Å². The Bertz CT molecular complexity index is 173. The Balaban J connectivity index is 1.87. The van der Waals surface area contributed by atoms with E-state index in [0.29, 0.717) is 12.0 Å². The molecule has 0 aromatic heterocycles. The van der Waals surface area contributed by atoms with Crippen LogP contribution in [-0.2, 0) is 0 Å². The van der Waals surface area contributed by atoms with Crippen LogP contribution in [-0.4, -0.2) is 30.0 Å². The molecule has 0 aromatic carbocycles. The molecule has 1 saturated carbocycles. The Hall–Kier alpha value is -0.180. The highest BCUT2D eigenvalue weighted by Gasteiger charge is 2.48. The van der Waals surface area contributed by atoms with Crippen molar-refractivity contribution in [3.63, 3.8) is 0 Å². The number of nitrogens with zero attached hydrogens (tertiary/aromatic N) is 1. The lowest BCUT2D eigenvalue weighted by Crippen LogP contribution is -2.60. The molecule has 1 saturated heterocycles. The molecule has 0 radical (unpaired) electrons. The zero-order valence-corrected chi connectivity index (χ0v) is 7.39. The lowest BCUT2D eigenvalue weighted by atomic mass is 9.99. The van der Waals surface area contributed by atoms with Crippen LogP contribution in [0.15, 0.2) is 0 Å². The Morgan fingerprint density at radius 1 is 1.25 bits per heavy atom. The third-order valence-electron chi connectivity index (χ3n) is 3.15. The van der Waals surface area contributed by atoms with Gasteiger partial charge in [0.1, 0.15) is 0 Å². The van der Waals surface area contributed by atoms with Gasteiger partial charge >= 0.3 is 0 Å². The lowest BCUT2D eigenvalue weighted by molar-refractivity contribution is -0.149. The summed E-state index contributed by atoms with van der Waals surface area (Å²) in [6.45, 7) is 2.18. The van der Waals surface area contributed by atoms with Gasteiger partial charge in [-0.05, 0) is 18.8 Å². The fourth-order valence-electron chi connectivity index (χ4n) is 2.45. The van der Waals surface area contributed by atoms with Crippen molar-refractivity contribution in [2.45, 2.75) is 38.2 Å². The minimum atomic E-state index is -2.39. The van der Waals surface area contributed by atoms with E-state index in [2.05, 4.69) is 6.92 Å². The van der Waals surface area contributed by atoms with Crippen LogP contribution in [0.2, 0.25) is 0 Å². The largest absolute Gasteiger partial charge is 0.288 e. The molecule has 2 rings (SSSR count). The summed E-state index contributed by atoms with van der Waals surface area (Å²) in [6, 6.07) is 0.449. The van der Waals surface area contributed by atoms with E-state index in [4.69, 9.17) is 0 Å². The van der Waals surface area contributed by atoms with Crippen molar-refractivity contribution in [3.8, 4) is 0 Å². The monoisotopic (exact) mass is 175 g/mol. The fraction of sp³-hybridized carbons (Fsp3) is 1.00. The molecule has 70 valence electrons. The van der Waals surface area contributed by atoms with Crippen molar-refractivity contribution in [2.75, 3.05) is 13.1 Å². The van der Waals surface area contributed by atoms with E-state index >= 15 is 0 Å². The molecule has 2 fully saturated rings. The van der Waals surface area contributed by atoms with Crippen molar-refractivity contribution in [1.29, 1.82) is 0 Å². The van der Waals surface area contributed by atoms with Crippen LogP contribution >= 0.6 is 0 Å². The molecule has 1 heterocycles. The van der Waals surface area contributed by atoms with E-state index in [9.17, 15) is 8.78 Å². The van der Waals surface area contributed by atoms with Gasteiger partial charge in [0, 0.05) is 6.04 Å². The summed E-state index contributed by atoms with van der Waals surface area (Å²) in [5.41, 5.74) is 0. The summed E-state index contributed by atoms with van der Waals surface area (Å²) >= 11 is 0. The van der Waals surface area contributed by atoms with Crippen molar-refractivity contribution in [3.05, 3.63) is 0 Å². The van der Waals surface area contributed by atoms with Gasteiger partial charge in [0.2, 0.25) is 0 Å². The third-order valence-corrected chi connectivity index (χ3v) is 3.15. The molecular formula is C9H15F2N. The second-order valence-electron chi connectivity index (χ2n) is 4.24. The molecule has 0 bridgehead atoms. The standard InChI is InChI=1S/C9H15F2N/c1-7-3-2-4-8(7)12-5-9(10,11)6-12/h7-8H,2-6H2,1H3/t7-,8?/m0/s1. The first-order valence-corrected chi connectivity index (χ1v) is 4.70. The minimum Gasteiger partial charge on any atom is -0.288 e. The van der Waals surface area contributed by atoms with Crippen molar-refractivity contribution >= 4 is 0 Å². The highest BCUT2D eigenvalue weighted by Crippen LogP contribution is 2.37. The van der Waals surface area contributed by atoms with Crippen molar-refractivity contribution < 1.29 is 8.78 Å². The number of hydrogen-bond acceptors (Lipinski definition) is 1. The minimum absolute atomic E-state index is 0.00199. The van der Waals surface area contributed by atoms with Crippen LogP contribution in [0.1, 0.15) is 26.2 Å². The van der Waals surface area contributed by atoms with Gasteiger partial charge in [0.05, 0.1) is 13.1 Å². The van der Waals surface area contributed by atoms with Gasteiger partial charge < -0.3 is 0 Å². The molecule has 0 aromatic rings. The molecule has 3 heteroatoms. The maximum atomic E-state index is 12.5. The van der Waals surface area contributed by atoms with E-state index in [-0.39, 0.29) is 13.1 Å². The van der Waals surface area contributed by atoms with Crippen LogP contribution in [0.5, 0.6) is 0 Å². The summed E-state index contributed by atoms with van der Waals surface area (Å²) in [7, 11) is 0. The Morgan fingerprint density at radius 2 is 1.92 bits per heavy atom. The molecule has 1 unspecified atom stereocenters. The van der Waals surface area contributed by atoms with Gasteiger partial charge in [-0.25, -0.2) is 8.78 Å². The number of likely N-dealkylation sites (tertiary alicyclic amines) is 1. The Labute approximate surface area is 71.7 Å². The summed E-state index contributed by atoms with van der Waals surface area (Å²) in [4.78, 5) is 1.94.